The first-order valence-corrected chi connectivity index (χ1v) is 10.6. The normalized spacial score (nSPS) is 18.6. The number of allylic oxidation sites excluding steroid dienone is 2. The van der Waals surface area contributed by atoms with Gasteiger partial charge in [0.05, 0.1) is 5.56 Å². The molecule has 3 heteroatoms. The van der Waals surface area contributed by atoms with Crippen LogP contribution in [0.4, 0.5) is 0 Å². The van der Waals surface area contributed by atoms with E-state index < -0.39 is 5.97 Å². The van der Waals surface area contributed by atoms with Crippen molar-refractivity contribution in [1.82, 2.24) is 0 Å². The third kappa shape index (κ3) is 3.62. The summed E-state index contributed by atoms with van der Waals surface area (Å²) in [6.45, 7) is 13.8. The van der Waals surface area contributed by atoms with E-state index in [9.17, 15) is 4.79 Å². The minimum Gasteiger partial charge on any atom is -0.478 e. The Balaban J connectivity index is 2.09. The highest BCUT2D eigenvalue weighted by Crippen LogP contribution is 2.50. The number of carboxylic acid groups (broad SMARTS) is 1. The number of thiophene rings is 1. The number of carboxylic acids is 1. The van der Waals surface area contributed by atoms with Crippen LogP contribution < -0.4 is 0 Å². The van der Waals surface area contributed by atoms with Crippen LogP contribution in [0.1, 0.15) is 92.0 Å². The summed E-state index contributed by atoms with van der Waals surface area (Å²) in [6.07, 6.45) is 3.38. The predicted molar refractivity (Wildman–Crippen MR) is 116 cm³/mol. The molecule has 3 rings (SSSR count). The standard InChI is InChI=1S/C24H30O2S/c1-7-18(16-8-10-17(11-9-16)22(25)26)15(2)20-14-19-21(27-20)24(5,6)13-12-23(19,3)4/h8-11,14H,7,12-13H2,1-6H3,(H,25,26). The van der Waals surface area contributed by atoms with Crippen LogP contribution in [0.2, 0.25) is 0 Å². The van der Waals surface area contributed by atoms with Crippen molar-refractivity contribution in [3.05, 3.63) is 56.8 Å². The molecule has 27 heavy (non-hydrogen) atoms. The zero-order valence-electron chi connectivity index (χ0n) is 17.3. The van der Waals surface area contributed by atoms with Gasteiger partial charge < -0.3 is 5.11 Å². The molecule has 1 aromatic heterocycles. The molecule has 0 radical (unpaired) electrons. The monoisotopic (exact) mass is 382 g/mol. The minimum absolute atomic E-state index is 0.232. The lowest BCUT2D eigenvalue weighted by Gasteiger charge is -2.39. The van der Waals surface area contributed by atoms with Gasteiger partial charge in [0, 0.05) is 9.75 Å². The van der Waals surface area contributed by atoms with E-state index in [0.717, 1.165) is 12.0 Å². The van der Waals surface area contributed by atoms with Gasteiger partial charge in [-0.15, -0.1) is 11.3 Å². The molecule has 0 saturated carbocycles. The molecule has 0 fully saturated rings. The zero-order chi connectivity index (χ0) is 20.0. The van der Waals surface area contributed by atoms with Crippen LogP contribution in [0, 0.1) is 0 Å². The van der Waals surface area contributed by atoms with Gasteiger partial charge in [0.25, 0.3) is 0 Å². The van der Waals surface area contributed by atoms with Gasteiger partial charge in [-0.05, 0) is 77.5 Å². The number of carbonyl (C=O) groups is 1. The first-order chi connectivity index (χ1) is 12.6. The second-order valence-corrected chi connectivity index (χ2v) is 10.0. The second kappa shape index (κ2) is 6.94. The molecule has 0 amide bonds. The van der Waals surface area contributed by atoms with E-state index in [-0.39, 0.29) is 10.8 Å². The summed E-state index contributed by atoms with van der Waals surface area (Å²) in [6, 6.07) is 9.69. The molecule has 0 saturated heterocycles. The third-order valence-electron chi connectivity index (χ3n) is 6.11. The predicted octanol–water partition coefficient (Wildman–Crippen LogP) is 7.14. The van der Waals surface area contributed by atoms with Crippen molar-refractivity contribution in [2.45, 2.75) is 71.6 Å². The van der Waals surface area contributed by atoms with Gasteiger partial charge in [-0.3, -0.25) is 0 Å². The number of hydrogen-bond donors (Lipinski definition) is 1. The van der Waals surface area contributed by atoms with Crippen molar-refractivity contribution in [2.75, 3.05) is 0 Å². The van der Waals surface area contributed by atoms with Crippen molar-refractivity contribution in [3.8, 4) is 0 Å². The molecule has 1 aliphatic rings. The summed E-state index contributed by atoms with van der Waals surface area (Å²) < 4.78 is 0. The molecular weight excluding hydrogens is 352 g/mol. The Morgan fingerprint density at radius 2 is 1.59 bits per heavy atom. The summed E-state index contributed by atoms with van der Waals surface area (Å²) in [7, 11) is 0. The lowest BCUT2D eigenvalue weighted by atomic mass is 9.67. The van der Waals surface area contributed by atoms with Crippen molar-refractivity contribution in [1.29, 1.82) is 0 Å². The van der Waals surface area contributed by atoms with Crippen molar-refractivity contribution in [2.24, 2.45) is 0 Å². The van der Waals surface area contributed by atoms with Crippen LogP contribution in [0.3, 0.4) is 0 Å². The van der Waals surface area contributed by atoms with Crippen molar-refractivity contribution < 1.29 is 9.90 Å². The van der Waals surface area contributed by atoms with Gasteiger partial charge in [-0.25, -0.2) is 4.79 Å². The molecule has 0 unspecified atom stereocenters. The summed E-state index contributed by atoms with van der Waals surface area (Å²) in [5.74, 6) is -0.879. The SMILES string of the molecule is CCC(=C(C)c1cc2c(s1)C(C)(C)CCC2(C)C)c1ccc(C(=O)O)cc1. The summed E-state index contributed by atoms with van der Waals surface area (Å²) in [4.78, 5) is 14.0. The maximum Gasteiger partial charge on any atom is 0.335 e. The molecule has 144 valence electrons. The molecule has 1 heterocycles. The fourth-order valence-corrected chi connectivity index (χ4v) is 5.60. The van der Waals surface area contributed by atoms with Gasteiger partial charge in [-0.1, -0.05) is 46.8 Å². The van der Waals surface area contributed by atoms with Gasteiger partial charge in [0.2, 0.25) is 0 Å². The average Bonchev–Trinajstić information content (AvgIpc) is 3.08. The molecule has 0 spiro atoms. The van der Waals surface area contributed by atoms with E-state index in [1.54, 1.807) is 12.1 Å². The number of fused-ring (bicyclic) bond motifs is 1. The number of rotatable bonds is 4. The zero-order valence-corrected chi connectivity index (χ0v) is 18.1. The highest BCUT2D eigenvalue weighted by Gasteiger charge is 2.39. The van der Waals surface area contributed by atoms with Gasteiger partial charge >= 0.3 is 5.97 Å². The summed E-state index contributed by atoms with van der Waals surface area (Å²) >= 11 is 1.95. The number of benzene rings is 1. The quantitative estimate of drug-likeness (QED) is 0.610. The van der Waals surface area contributed by atoms with Gasteiger partial charge in [0.1, 0.15) is 0 Å². The van der Waals surface area contributed by atoms with E-state index >= 15 is 0 Å². The minimum atomic E-state index is -0.879. The Hall–Kier alpha value is -1.87. The first-order valence-electron chi connectivity index (χ1n) is 9.75. The highest BCUT2D eigenvalue weighted by atomic mass is 32.1. The Labute approximate surface area is 166 Å². The molecule has 0 aliphatic heterocycles. The van der Waals surface area contributed by atoms with Crippen molar-refractivity contribution in [3.63, 3.8) is 0 Å². The molecule has 2 nitrogen and oxygen atoms in total. The van der Waals surface area contributed by atoms with E-state index in [1.807, 2.05) is 23.5 Å². The largest absolute Gasteiger partial charge is 0.478 e. The average molecular weight is 383 g/mol. The van der Waals surface area contributed by atoms with Crippen LogP contribution in [-0.2, 0) is 10.8 Å². The maximum atomic E-state index is 11.1. The first kappa shape index (κ1) is 19.9. The number of hydrogen-bond acceptors (Lipinski definition) is 2. The lowest BCUT2D eigenvalue weighted by Crippen LogP contribution is -2.31. The molecule has 1 aliphatic carbocycles. The van der Waals surface area contributed by atoms with E-state index in [1.165, 1.54) is 39.3 Å². The lowest BCUT2D eigenvalue weighted by molar-refractivity contribution is 0.0697. The van der Waals surface area contributed by atoms with Crippen LogP contribution in [-0.4, -0.2) is 11.1 Å². The van der Waals surface area contributed by atoms with E-state index in [0.29, 0.717) is 5.56 Å². The molecule has 1 N–H and O–H groups in total. The van der Waals surface area contributed by atoms with Gasteiger partial charge in [0.15, 0.2) is 0 Å². The van der Waals surface area contributed by atoms with Gasteiger partial charge in [-0.2, -0.15) is 0 Å². The Morgan fingerprint density at radius 1 is 1.04 bits per heavy atom. The molecule has 0 bridgehead atoms. The van der Waals surface area contributed by atoms with Crippen molar-refractivity contribution >= 4 is 28.5 Å². The Morgan fingerprint density at radius 3 is 2.11 bits per heavy atom. The molecule has 2 aromatic rings. The van der Waals surface area contributed by atoms with Crippen LogP contribution >= 0.6 is 11.3 Å². The van der Waals surface area contributed by atoms with E-state index in [4.69, 9.17) is 5.11 Å². The molecular formula is C24H30O2S. The van der Waals surface area contributed by atoms with Crippen LogP contribution in [0.15, 0.2) is 30.3 Å². The fraction of sp³-hybridized carbons (Fsp3) is 0.458. The maximum absolute atomic E-state index is 11.1. The molecule has 1 aromatic carbocycles. The Kier molecular flexibility index (Phi) is 5.11. The molecule has 0 atom stereocenters. The Bertz CT molecular complexity index is 861. The highest BCUT2D eigenvalue weighted by molar-refractivity contribution is 7.13. The van der Waals surface area contributed by atoms with E-state index in [2.05, 4.69) is 47.6 Å². The summed E-state index contributed by atoms with van der Waals surface area (Å²) in [5, 5.41) is 9.14. The van der Waals surface area contributed by atoms with Crippen LogP contribution in [0.25, 0.3) is 11.1 Å². The number of aromatic carboxylic acids is 1. The summed E-state index contributed by atoms with van der Waals surface area (Å²) in [5.41, 5.74) is 6.04. The van der Waals surface area contributed by atoms with Crippen LogP contribution in [0.5, 0.6) is 0 Å². The third-order valence-corrected chi connectivity index (χ3v) is 7.73. The smallest absolute Gasteiger partial charge is 0.335 e. The second-order valence-electron chi connectivity index (χ2n) is 8.96. The topological polar surface area (TPSA) is 37.3 Å². The fourth-order valence-electron chi connectivity index (χ4n) is 4.10.